The Hall–Kier alpha value is -1.75. The average Bonchev–Trinajstić information content (AvgIpc) is 2.88. The third-order valence-corrected chi connectivity index (χ3v) is 3.59. The summed E-state index contributed by atoms with van der Waals surface area (Å²) >= 11 is 1.40. The van der Waals surface area contributed by atoms with Crippen LogP contribution in [0.4, 0.5) is 5.13 Å². The molecule has 2 rings (SSSR count). The number of aromatic nitrogens is 2. The van der Waals surface area contributed by atoms with Crippen LogP contribution in [0, 0.1) is 0 Å². The molecule has 0 unspecified atom stereocenters. The van der Waals surface area contributed by atoms with Crippen molar-refractivity contribution in [3.63, 3.8) is 0 Å². The molecule has 0 spiro atoms. The minimum absolute atomic E-state index is 0.0178. The lowest BCUT2D eigenvalue weighted by molar-refractivity contribution is -0.116. The maximum Gasteiger partial charge on any atom is 0.226 e. The van der Waals surface area contributed by atoms with Gasteiger partial charge in [-0.25, -0.2) is 0 Å². The van der Waals surface area contributed by atoms with Crippen molar-refractivity contribution in [3.8, 4) is 10.6 Å². The molecule has 0 saturated carbocycles. The Morgan fingerprint density at radius 2 is 2.00 bits per heavy atom. The summed E-state index contributed by atoms with van der Waals surface area (Å²) in [5, 5.41) is 12.3. The van der Waals surface area contributed by atoms with Gasteiger partial charge < -0.3 is 5.32 Å². The molecule has 0 aliphatic carbocycles. The van der Waals surface area contributed by atoms with Crippen LogP contribution in [0.5, 0.6) is 0 Å². The monoisotopic (exact) mass is 275 g/mol. The summed E-state index contributed by atoms with van der Waals surface area (Å²) in [6, 6.07) is 9.83. The Labute approximate surface area is 116 Å². The third-order valence-electron chi connectivity index (χ3n) is 2.70. The van der Waals surface area contributed by atoms with Gasteiger partial charge in [0.2, 0.25) is 11.0 Å². The first kappa shape index (κ1) is 13.7. The number of carbonyl (C=O) groups is 1. The van der Waals surface area contributed by atoms with Gasteiger partial charge in [-0.1, -0.05) is 61.4 Å². The minimum atomic E-state index is 0.0178. The second-order valence-corrected chi connectivity index (χ2v) is 5.26. The summed E-state index contributed by atoms with van der Waals surface area (Å²) in [6.07, 6.45) is 3.67. The van der Waals surface area contributed by atoms with Gasteiger partial charge in [0.1, 0.15) is 5.01 Å². The average molecular weight is 275 g/mol. The summed E-state index contributed by atoms with van der Waals surface area (Å²) in [7, 11) is 0. The summed E-state index contributed by atoms with van der Waals surface area (Å²) in [6.45, 7) is 2.12. The highest BCUT2D eigenvalue weighted by atomic mass is 32.1. The van der Waals surface area contributed by atoms with Crippen LogP contribution < -0.4 is 5.32 Å². The van der Waals surface area contributed by atoms with Crippen molar-refractivity contribution >= 4 is 22.4 Å². The summed E-state index contributed by atoms with van der Waals surface area (Å²) in [4.78, 5) is 11.7. The standard InChI is InChI=1S/C14H17N3OS/c1-2-3-5-10-12(18)15-14-17-16-13(19-14)11-8-6-4-7-9-11/h4,6-9H,2-3,5,10H2,1H3,(H,15,17,18). The molecule has 2 aromatic rings. The Kier molecular flexibility index (Phi) is 5.03. The van der Waals surface area contributed by atoms with E-state index >= 15 is 0 Å². The topological polar surface area (TPSA) is 54.9 Å². The minimum Gasteiger partial charge on any atom is -0.301 e. The van der Waals surface area contributed by atoms with E-state index in [2.05, 4.69) is 22.4 Å². The SMILES string of the molecule is CCCCCC(=O)Nc1nnc(-c2ccccc2)s1. The molecule has 100 valence electrons. The fourth-order valence-electron chi connectivity index (χ4n) is 1.69. The van der Waals surface area contributed by atoms with Crippen molar-refractivity contribution in [3.05, 3.63) is 30.3 Å². The molecule has 1 amide bonds. The number of rotatable bonds is 6. The van der Waals surface area contributed by atoms with Gasteiger partial charge in [0, 0.05) is 12.0 Å². The lowest BCUT2D eigenvalue weighted by atomic mass is 10.2. The van der Waals surface area contributed by atoms with E-state index in [-0.39, 0.29) is 5.91 Å². The van der Waals surface area contributed by atoms with E-state index in [1.54, 1.807) is 0 Å². The van der Waals surface area contributed by atoms with Crippen molar-refractivity contribution in [2.24, 2.45) is 0 Å². The predicted octanol–water partition coefficient (Wildman–Crippen LogP) is 3.72. The molecule has 1 N–H and O–H groups in total. The number of benzene rings is 1. The van der Waals surface area contributed by atoms with Crippen molar-refractivity contribution < 1.29 is 4.79 Å². The van der Waals surface area contributed by atoms with Crippen molar-refractivity contribution in [2.75, 3.05) is 5.32 Å². The molecule has 0 saturated heterocycles. The highest BCUT2D eigenvalue weighted by Crippen LogP contribution is 2.25. The first-order valence-electron chi connectivity index (χ1n) is 6.48. The van der Waals surface area contributed by atoms with E-state index in [9.17, 15) is 4.79 Å². The molecular weight excluding hydrogens is 258 g/mol. The first-order valence-corrected chi connectivity index (χ1v) is 7.30. The van der Waals surface area contributed by atoms with Gasteiger partial charge in [-0.2, -0.15) is 0 Å². The second-order valence-electron chi connectivity index (χ2n) is 4.28. The van der Waals surface area contributed by atoms with Crippen molar-refractivity contribution in [2.45, 2.75) is 32.6 Å². The number of anilines is 1. The Morgan fingerprint density at radius 3 is 2.74 bits per heavy atom. The lowest BCUT2D eigenvalue weighted by Gasteiger charge is -1.99. The van der Waals surface area contributed by atoms with Crippen molar-refractivity contribution in [1.29, 1.82) is 0 Å². The fraction of sp³-hybridized carbons (Fsp3) is 0.357. The zero-order chi connectivity index (χ0) is 13.5. The molecule has 0 bridgehead atoms. The molecule has 1 aromatic heterocycles. The van der Waals surface area contributed by atoms with E-state index < -0.39 is 0 Å². The summed E-state index contributed by atoms with van der Waals surface area (Å²) in [5.41, 5.74) is 1.02. The van der Waals surface area contributed by atoms with E-state index in [0.717, 1.165) is 29.8 Å². The number of amides is 1. The highest BCUT2D eigenvalue weighted by Gasteiger charge is 2.08. The number of nitrogens with one attached hydrogen (secondary N) is 1. The highest BCUT2D eigenvalue weighted by molar-refractivity contribution is 7.18. The van der Waals surface area contributed by atoms with Gasteiger partial charge in [0.25, 0.3) is 0 Å². The van der Waals surface area contributed by atoms with Crippen LogP contribution in [0.2, 0.25) is 0 Å². The van der Waals surface area contributed by atoms with Gasteiger partial charge in [0.15, 0.2) is 0 Å². The molecule has 19 heavy (non-hydrogen) atoms. The van der Waals surface area contributed by atoms with Gasteiger partial charge in [-0.3, -0.25) is 4.79 Å². The van der Waals surface area contributed by atoms with E-state index in [4.69, 9.17) is 0 Å². The van der Waals surface area contributed by atoms with E-state index in [0.29, 0.717) is 11.6 Å². The summed E-state index contributed by atoms with van der Waals surface area (Å²) in [5.74, 6) is 0.0178. The summed E-state index contributed by atoms with van der Waals surface area (Å²) < 4.78 is 0. The van der Waals surface area contributed by atoms with Crippen LogP contribution in [0.3, 0.4) is 0 Å². The van der Waals surface area contributed by atoms with Gasteiger partial charge >= 0.3 is 0 Å². The molecule has 1 aromatic carbocycles. The van der Waals surface area contributed by atoms with Gasteiger partial charge in [-0.15, -0.1) is 10.2 Å². The lowest BCUT2D eigenvalue weighted by Crippen LogP contribution is -2.10. The Morgan fingerprint density at radius 1 is 1.21 bits per heavy atom. The molecule has 4 nitrogen and oxygen atoms in total. The van der Waals surface area contributed by atoms with Crippen molar-refractivity contribution in [1.82, 2.24) is 10.2 Å². The Balaban J connectivity index is 1.93. The maximum absolute atomic E-state index is 11.7. The number of unbranched alkanes of at least 4 members (excludes halogenated alkanes) is 2. The van der Waals surface area contributed by atoms with Crippen LogP contribution in [-0.2, 0) is 4.79 Å². The molecule has 1 heterocycles. The zero-order valence-corrected chi connectivity index (χ0v) is 11.7. The van der Waals surface area contributed by atoms with Gasteiger partial charge in [0.05, 0.1) is 0 Å². The van der Waals surface area contributed by atoms with E-state index in [1.165, 1.54) is 11.3 Å². The second kappa shape index (κ2) is 6.99. The van der Waals surface area contributed by atoms with Crippen LogP contribution >= 0.6 is 11.3 Å². The molecule has 0 radical (unpaired) electrons. The molecule has 0 fully saturated rings. The number of hydrogen-bond donors (Lipinski definition) is 1. The number of carbonyl (C=O) groups excluding carboxylic acids is 1. The van der Waals surface area contributed by atoms with Gasteiger partial charge in [-0.05, 0) is 6.42 Å². The predicted molar refractivity (Wildman–Crippen MR) is 78.1 cm³/mol. The van der Waals surface area contributed by atoms with E-state index in [1.807, 2.05) is 30.3 Å². The molecule has 5 heteroatoms. The molecule has 0 aliphatic rings. The molecule has 0 atom stereocenters. The van der Waals surface area contributed by atoms with Crippen LogP contribution in [0.15, 0.2) is 30.3 Å². The largest absolute Gasteiger partial charge is 0.301 e. The number of hydrogen-bond acceptors (Lipinski definition) is 4. The smallest absolute Gasteiger partial charge is 0.226 e. The quantitative estimate of drug-likeness (QED) is 0.817. The third kappa shape index (κ3) is 4.13. The normalized spacial score (nSPS) is 10.4. The molecular formula is C14H17N3OS. The zero-order valence-electron chi connectivity index (χ0n) is 10.9. The Bertz CT molecular complexity index is 524. The fourth-order valence-corrected chi connectivity index (χ4v) is 2.45. The van der Waals surface area contributed by atoms with Crippen LogP contribution in [-0.4, -0.2) is 16.1 Å². The maximum atomic E-state index is 11.7. The molecule has 0 aliphatic heterocycles. The van der Waals surface area contributed by atoms with Crippen LogP contribution in [0.1, 0.15) is 32.6 Å². The number of nitrogens with zero attached hydrogens (tertiary/aromatic N) is 2. The first-order chi connectivity index (χ1) is 9.29. The van der Waals surface area contributed by atoms with Crippen LogP contribution in [0.25, 0.3) is 10.6 Å².